The highest BCUT2D eigenvalue weighted by Crippen LogP contribution is 2.51. The molecular formula is C15H30N2O. The van der Waals surface area contributed by atoms with Crippen molar-refractivity contribution in [2.24, 2.45) is 17.3 Å². The molecule has 2 fully saturated rings. The monoisotopic (exact) mass is 254 g/mol. The van der Waals surface area contributed by atoms with Crippen LogP contribution < -0.4 is 10.6 Å². The summed E-state index contributed by atoms with van der Waals surface area (Å²) in [6.45, 7) is 12.2. The first-order valence-electron chi connectivity index (χ1n) is 7.70. The van der Waals surface area contributed by atoms with Crippen molar-refractivity contribution < 1.29 is 4.74 Å². The summed E-state index contributed by atoms with van der Waals surface area (Å²) in [5.74, 6) is 1.47. The van der Waals surface area contributed by atoms with Crippen molar-refractivity contribution in [1.29, 1.82) is 0 Å². The van der Waals surface area contributed by atoms with E-state index in [9.17, 15) is 0 Å². The highest BCUT2D eigenvalue weighted by Gasteiger charge is 2.44. The molecule has 1 aliphatic carbocycles. The SMILES string of the molecule is CCCNC1COCC1CNCC1(C(C)C)CC1. The lowest BCUT2D eigenvalue weighted by molar-refractivity contribution is 0.181. The lowest BCUT2D eigenvalue weighted by Gasteiger charge is -2.23. The molecule has 18 heavy (non-hydrogen) atoms. The molecule has 2 rings (SSSR count). The van der Waals surface area contributed by atoms with Gasteiger partial charge in [0.2, 0.25) is 0 Å². The molecule has 2 N–H and O–H groups in total. The van der Waals surface area contributed by atoms with Gasteiger partial charge in [-0.15, -0.1) is 0 Å². The molecule has 0 bridgehead atoms. The zero-order chi connectivity index (χ0) is 13.0. The molecule has 0 aromatic heterocycles. The second kappa shape index (κ2) is 6.36. The predicted molar refractivity (Wildman–Crippen MR) is 75.8 cm³/mol. The fraction of sp³-hybridized carbons (Fsp3) is 1.00. The lowest BCUT2D eigenvalue weighted by Crippen LogP contribution is -2.42. The topological polar surface area (TPSA) is 33.3 Å². The highest BCUT2D eigenvalue weighted by molar-refractivity contribution is 4.97. The standard InChI is InChI=1S/C15H30N2O/c1-4-7-17-14-10-18-9-13(14)8-16-11-15(5-6-15)12(2)3/h12-14,16-17H,4-11H2,1-3H3. The van der Waals surface area contributed by atoms with Gasteiger partial charge in [0.1, 0.15) is 0 Å². The van der Waals surface area contributed by atoms with Crippen LogP contribution in [0, 0.1) is 17.3 Å². The van der Waals surface area contributed by atoms with E-state index >= 15 is 0 Å². The zero-order valence-electron chi connectivity index (χ0n) is 12.3. The fourth-order valence-electron chi connectivity index (χ4n) is 2.98. The van der Waals surface area contributed by atoms with E-state index < -0.39 is 0 Å². The summed E-state index contributed by atoms with van der Waals surface area (Å²) in [5, 5.41) is 7.30. The minimum absolute atomic E-state index is 0.562. The van der Waals surface area contributed by atoms with Crippen LogP contribution in [-0.4, -0.2) is 38.9 Å². The molecule has 0 aromatic rings. The number of hydrogen-bond acceptors (Lipinski definition) is 3. The Kier molecular flexibility index (Phi) is 5.05. The van der Waals surface area contributed by atoms with Crippen molar-refractivity contribution >= 4 is 0 Å². The molecule has 0 amide bonds. The van der Waals surface area contributed by atoms with E-state index in [4.69, 9.17) is 4.74 Å². The van der Waals surface area contributed by atoms with E-state index in [0.717, 1.165) is 32.2 Å². The van der Waals surface area contributed by atoms with Crippen LogP contribution in [0.2, 0.25) is 0 Å². The Morgan fingerprint density at radius 2 is 2.06 bits per heavy atom. The van der Waals surface area contributed by atoms with Gasteiger partial charge in [0.05, 0.1) is 13.2 Å². The van der Waals surface area contributed by atoms with Crippen LogP contribution in [0.3, 0.4) is 0 Å². The maximum atomic E-state index is 5.61. The highest BCUT2D eigenvalue weighted by atomic mass is 16.5. The molecule has 1 saturated carbocycles. The van der Waals surface area contributed by atoms with E-state index in [2.05, 4.69) is 31.4 Å². The average Bonchev–Trinajstić information content (AvgIpc) is 3.01. The number of rotatable bonds is 8. The molecule has 3 heteroatoms. The second-order valence-electron chi connectivity index (χ2n) is 6.51. The number of nitrogens with one attached hydrogen (secondary N) is 2. The van der Waals surface area contributed by atoms with Gasteiger partial charge in [-0.05, 0) is 37.1 Å². The van der Waals surface area contributed by atoms with Crippen LogP contribution in [0.1, 0.15) is 40.0 Å². The minimum Gasteiger partial charge on any atom is -0.379 e. The first-order chi connectivity index (χ1) is 8.68. The Labute approximate surface area is 112 Å². The van der Waals surface area contributed by atoms with Crippen LogP contribution in [0.4, 0.5) is 0 Å². The Morgan fingerprint density at radius 3 is 2.67 bits per heavy atom. The van der Waals surface area contributed by atoms with Crippen molar-refractivity contribution in [2.45, 2.75) is 46.1 Å². The van der Waals surface area contributed by atoms with E-state index in [1.165, 1.54) is 25.8 Å². The summed E-state index contributed by atoms with van der Waals surface area (Å²) in [6.07, 6.45) is 4.03. The van der Waals surface area contributed by atoms with Crippen LogP contribution in [0.25, 0.3) is 0 Å². The second-order valence-corrected chi connectivity index (χ2v) is 6.51. The van der Waals surface area contributed by atoms with E-state index in [1.807, 2.05) is 0 Å². The van der Waals surface area contributed by atoms with Crippen molar-refractivity contribution in [2.75, 3.05) is 32.8 Å². The zero-order valence-corrected chi connectivity index (χ0v) is 12.3. The Balaban J connectivity index is 1.66. The van der Waals surface area contributed by atoms with Gasteiger partial charge in [0.15, 0.2) is 0 Å². The van der Waals surface area contributed by atoms with Gasteiger partial charge in [-0.1, -0.05) is 20.8 Å². The summed E-state index contributed by atoms with van der Waals surface area (Å²) in [7, 11) is 0. The van der Waals surface area contributed by atoms with Gasteiger partial charge in [-0.25, -0.2) is 0 Å². The molecule has 2 unspecified atom stereocenters. The Hall–Kier alpha value is -0.120. The lowest BCUT2D eigenvalue weighted by atomic mass is 9.92. The maximum absolute atomic E-state index is 5.61. The van der Waals surface area contributed by atoms with E-state index in [-0.39, 0.29) is 0 Å². The molecule has 3 nitrogen and oxygen atoms in total. The molecular weight excluding hydrogens is 224 g/mol. The van der Waals surface area contributed by atoms with Crippen LogP contribution in [0.15, 0.2) is 0 Å². The molecule has 1 heterocycles. The van der Waals surface area contributed by atoms with Gasteiger partial charge in [0, 0.05) is 25.0 Å². The third-order valence-electron chi connectivity index (χ3n) is 4.86. The van der Waals surface area contributed by atoms with E-state index in [0.29, 0.717) is 17.4 Å². The van der Waals surface area contributed by atoms with Crippen molar-refractivity contribution in [3.8, 4) is 0 Å². The fourth-order valence-corrected chi connectivity index (χ4v) is 2.98. The normalized spacial score (nSPS) is 30.0. The molecule has 0 spiro atoms. The Bertz CT molecular complexity index is 251. The van der Waals surface area contributed by atoms with E-state index in [1.54, 1.807) is 0 Å². The number of ether oxygens (including phenoxy) is 1. The molecule has 2 aliphatic rings. The third-order valence-corrected chi connectivity index (χ3v) is 4.86. The van der Waals surface area contributed by atoms with Crippen LogP contribution >= 0.6 is 0 Å². The first kappa shape index (κ1) is 14.3. The van der Waals surface area contributed by atoms with Crippen molar-refractivity contribution in [3.63, 3.8) is 0 Å². The summed E-state index contributed by atoms with van der Waals surface area (Å²) in [6, 6.07) is 0.562. The molecule has 1 aliphatic heterocycles. The summed E-state index contributed by atoms with van der Waals surface area (Å²) >= 11 is 0. The molecule has 1 saturated heterocycles. The van der Waals surface area contributed by atoms with Gasteiger partial charge in [-0.3, -0.25) is 0 Å². The quantitative estimate of drug-likeness (QED) is 0.695. The molecule has 0 radical (unpaired) electrons. The van der Waals surface area contributed by atoms with Crippen molar-refractivity contribution in [3.05, 3.63) is 0 Å². The Morgan fingerprint density at radius 1 is 1.28 bits per heavy atom. The first-order valence-corrected chi connectivity index (χ1v) is 7.70. The molecule has 2 atom stereocenters. The van der Waals surface area contributed by atoms with Crippen LogP contribution in [0.5, 0.6) is 0 Å². The molecule has 106 valence electrons. The summed E-state index contributed by atoms with van der Waals surface area (Å²) in [5.41, 5.74) is 0.617. The summed E-state index contributed by atoms with van der Waals surface area (Å²) in [4.78, 5) is 0. The van der Waals surface area contributed by atoms with Gasteiger partial charge in [0.25, 0.3) is 0 Å². The minimum atomic E-state index is 0.562. The van der Waals surface area contributed by atoms with Gasteiger partial charge < -0.3 is 15.4 Å². The molecule has 0 aromatic carbocycles. The smallest absolute Gasteiger partial charge is 0.0623 e. The predicted octanol–water partition coefficient (Wildman–Crippen LogP) is 2.03. The van der Waals surface area contributed by atoms with Crippen molar-refractivity contribution in [1.82, 2.24) is 10.6 Å². The summed E-state index contributed by atoms with van der Waals surface area (Å²) < 4.78 is 5.61. The van der Waals surface area contributed by atoms with Crippen LogP contribution in [-0.2, 0) is 4.74 Å². The van der Waals surface area contributed by atoms with Gasteiger partial charge in [-0.2, -0.15) is 0 Å². The average molecular weight is 254 g/mol. The number of hydrogen-bond donors (Lipinski definition) is 2. The largest absolute Gasteiger partial charge is 0.379 e. The third kappa shape index (κ3) is 3.46. The van der Waals surface area contributed by atoms with Gasteiger partial charge >= 0.3 is 0 Å². The maximum Gasteiger partial charge on any atom is 0.0623 e.